The summed E-state index contributed by atoms with van der Waals surface area (Å²) < 4.78 is 7.20. The minimum atomic E-state index is -0.301. The summed E-state index contributed by atoms with van der Waals surface area (Å²) in [5.74, 6) is 0.718. The Morgan fingerprint density at radius 3 is 2.76 bits per heavy atom. The number of ether oxygens (including phenoxy) is 1. The normalized spacial score (nSPS) is 11.2. The molecule has 2 N–H and O–H groups in total. The van der Waals surface area contributed by atoms with Gasteiger partial charge in [0.25, 0.3) is 0 Å². The lowest BCUT2D eigenvalue weighted by molar-refractivity contribution is 0.298. The van der Waals surface area contributed by atoms with Crippen LogP contribution in [0.5, 0.6) is 5.75 Å². The van der Waals surface area contributed by atoms with E-state index in [0.717, 1.165) is 22.2 Å². The Hall–Kier alpha value is -3.12. The van der Waals surface area contributed by atoms with Gasteiger partial charge in [-0.15, -0.1) is 0 Å². The number of nitrogens with zero attached hydrogens (tertiary/aromatic N) is 2. The third kappa shape index (κ3) is 2.99. The van der Waals surface area contributed by atoms with Crippen molar-refractivity contribution in [3.8, 4) is 5.75 Å². The minimum absolute atomic E-state index is 0.00877. The van der Waals surface area contributed by atoms with Gasteiger partial charge in [-0.1, -0.05) is 30.3 Å². The summed E-state index contributed by atoms with van der Waals surface area (Å²) >= 11 is 0. The van der Waals surface area contributed by atoms with Gasteiger partial charge >= 0.3 is 5.69 Å². The number of hydrogen-bond donors (Lipinski definition) is 2. The summed E-state index contributed by atoms with van der Waals surface area (Å²) in [5.41, 5.74) is 2.89. The molecular weight excluding hydrogens is 318 g/mol. The summed E-state index contributed by atoms with van der Waals surface area (Å²) in [5, 5.41) is 14.2. The third-order valence-electron chi connectivity index (χ3n) is 4.08. The molecule has 0 spiro atoms. The van der Waals surface area contributed by atoms with Crippen LogP contribution in [-0.4, -0.2) is 26.3 Å². The molecule has 4 rings (SSSR count). The highest BCUT2D eigenvalue weighted by molar-refractivity contribution is 5.94. The predicted molar refractivity (Wildman–Crippen MR) is 94.9 cm³/mol. The van der Waals surface area contributed by atoms with Gasteiger partial charge in [0.2, 0.25) is 0 Å². The van der Waals surface area contributed by atoms with Gasteiger partial charge in [-0.25, -0.2) is 4.79 Å². The van der Waals surface area contributed by atoms with Gasteiger partial charge in [-0.3, -0.25) is 0 Å². The minimum Gasteiger partial charge on any atom is -0.489 e. The van der Waals surface area contributed by atoms with Crippen LogP contribution >= 0.6 is 0 Å². The maximum atomic E-state index is 12.2. The van der Waals surface area contributed by atoms with Crippen molar-refractivity contribution < 1.29 is 9.84 Å². The second kappa shape index (κ2) is 6.41. The Labute approximate surface area is 143 Å². The summed E-state index contributed by atoms with van der Waals surface area (Å²) in [4.78, 5) is 15.0. The summed E-state index contributed by atoms with van der Waals surface area (Å²) in [6.45, 7) is 0.464. The molecule has 126 valence electrons. The monoisotopic (exact) mass is 335 g/mol. The largest absolute Gasteiger partial charge is 0.489 e. The first-order chi connectivity index (χ1) is 12.2. The molecule has 0 aliphatic carbocycles. The Bertz CT molecular complexity index is 1080. The van der Waals surface area contributed by atoms with Crippen LogP contribution in [0, 0.1) is 0 Å². The number of aliphatic hydroxyl groups is 1. The van der Waals surface area contributed by atoms with Crippen LogP contribution in [0.3, 0.4) is 0 Å². The van der Waals surface area contributed by atoms with Crippen LogP contribution < -0.4 is 10.4 Å². The molecule has 2 aromatic heterocycles. The van der Waals surface area contributed by atoms with Gasteiger partial charge < -0.3 is 14.8 Å². The fraction of sp³-hybridized carbons (Fsp3) is 0.158. The molecule has 0 atom stereocenters. The number of fused-ring (bicyclic) bond motifs is 3. The van der Waals surface area contributed by atoms with Crippen molar-refractivity contribution >= 4 is 16.4 Å². The number of hydrogen-bond acceptors (Lipinski definition) is 4. The molecule has 0 radical (unpaired) electrons. The first kappa shape index (κ1) is 15.4. The van der Waals surface area contributed by atoms with Crippen molar-refractivity contribution in [2.45, 2.75) is 13.0 Å². The smallest absolute Gasteiger partial charge is 0.347 e. The average molecular weight is 335 g/mol. The molecule has 0 saturated carbocycles. The topological polar surface area (TPSA) is 79.6 Å². The highest BCUT2D eigenvalue weighted by Crippen LogP contribution is 2.23. The van der Waals surface area contributed by atoms with E-state index in [1.807, 2.05) is 54.6 Å². The van der Waals surface area contributed by atoms with Crippen LogP contribution in [-0.2, 0) is 13.0 Å². The Kier molecular flexibility index (Phi) is 3.95. The SMILES string of the molecule is O=c1[nH]c2ccc(OCc3ccccc3)cc2c2cc(CCO)nn12. The van der Waals surface area contributed by atoms with Crippen LogP contribution in [0.4, 0.5) is 0 Å². The summed E-state index contributed by atoms with van der Waals surface area (Å²) in [6.07, 6.45) is 0.410. The molecule has 6 heteroatoms. The van der Waals surface area contributed by atoms with E-state index in [0.29, 0.717) is 24.2 Å². The number of benzene rings is 2. The zero-order chi connectivity index (χ0) is 17.2. The zero-order valence-electron chi connectivity index (χ0n) is 13.5. The Morgan fingerprint density at radius 2 is 1.96 bits per heavy atom. The van der Waals surface area contributed by atoms with E-state index in [4.69, 9.17) is 9.84 Å². The van der Waals surface area contributed by atoms with Crippen molar-refractivity contribution in [2.24, 2.45) is 0 Å². The molecular formula is C19H17N3O3. The molecule has 2 heterocycles. The number of aromatic amines is 1. The van der Waals surface area contributed by atoms with Crippen molar-refractivity contribution in [3.05, 3.63) is 76.3 Å². The van der Waals surface area contributed by atoms with Crippen LogP contribution in [0.1, 0.15) is 11.3 Å². The molecule has 2 aromatic carbocycles. The number of rotatable bonds is 5. The lowest BCUT2D eigenvalue weighted by Gasteiger charge is -2.08. The van der Waals surface area contributed by atoms with Gasteiger partial charge in [-0.05, 0) is 29.8 Å². The average Bonchev–Trinajstić information content (AvgIpc) is 3.06. The quantitative estimate of drug-likeness (QED) is 0.586. The van der Waals surface area contributed by atoms with E-state index < -0.39 is 0 Å². The van der Waals surface area contributed by atoms with Crippen molar-refractivity contribution in [3.63, 3.8) is 0 Å². The molecule has 0 aliphatic heterocycles. The molecule has 0 aliphatic rings. The first-order valence-corrected chi connectivity index (χ1v) is 8.07. The van der Waals surface area contributed by atoms with Crippen LogP contribution in [0.15, 0.2) is 59.4 Å². The van der Waals surface area contributed by atoms with Gasteiger partial charge in [0, 0.05) is 18.4 Å². The van der Waals surface area contributed by atoms with Crippen LogP contribution in [0.25, 0.3) is 16.4 Å². The fourth-order valence-corrected chi connectivity index (χ4v) is 2.86. The molecule has 6 nitrogen and oxygen atoms in total. The molecule has 25 heavy (non-hydrogen) atoms. The van der Waals surface area contributed by atoms with Crippen molar-refractivity contribution in [1.82, 2.24) is 14.6 Å². The standard InChI is InChI=1S/C19H17N3O3/c23-9-8-14-10-18-16-11-15(25-12-13-4-2-1-3-5-13)6-7-17(16)20-19(24)22(18)21-14/h1-7,10-11,23H,8-9,12H2,(H,20,24). The van der Waals surface area contributed by atoms with Crippen LogP contribution in [0.2, 0.25) is 0 Å². The molecule has 0 fully saturated rings. The Balaban J connectivity index is 1.74. The predicted octanol–water partition coefficient (Wildman–Crippen LogP) is 2.29. The maximum absolute atomic E-state index is 12.2. The van der Waals surface area contributed by atoms with E-state index in [1.165, 1.54) is 4.52 Å². The fourth-order valence-electron chi connectivity index (χ4n) is 2.86. The van der Waals surface area contributed by atoms with E-state index in [1.54, 1.807) is 0 Å². The summed E-state index contributed by atoms with van der Waals surface area (Å²) in [6, 6.07) is 17.3. The second-order valence-electron chi connectivity index (χ2n) is 5.82. The lowest BCUT2D eigenvalue weighted by atomic mass is 10.2. The third-order valence-corrected chi connectivity index (χ3v) is 4.08. The molecule has 0 bridgehead atoms. The summed E-state index contributed by atoms with van der Waals surface area (Å²) in [7, 11) is 0. The van der Waals surface area contributed by atoms with E-state index in [-0.39, 0.29) is 12.3 Å². The molecule has 0 unspecified atom stereocenters. The number of aromatic nitrogens is 3. The van der Waals surface area contributed by atoms with E-state index >= 15 is 0 Å². The van der Waals surface area contributed by atoms with E-state index in [2.05, 4.69) is 10.1 Å². The second-order valence-corrected chi connectivity index (χ2v) is 5.82. The van der Waals surface area contributed by atoms with Gasteiger partial charge in [0.05, 0.1) is 16.7 Å². The highest BCUT2D eigenvalue weighted by atomic mass is 16.5. The zero-order valence-corrected chi connectivity index (χ0v) is 13.5. The van der Waals surface area contributed by atoms with Crippen molar-refractivity contribution in [2.75, 3.05) is 6.61 Å². The van der Waals surface area contributed by atoms with E-state index in [9.17, 15) is 4.79 Å². The first-order valence-electron chi connectivity index (χ1n) is 8.07. The van der Waals surface area contributed by atoms with Crippen molar-refractivity contribution in [1.29, 1.82) is 0 Å². The van der Waals surface area contributed by atoms with Gasteiger partial charge in [-0.2, -0.15) is 9.61 Å². The number of nitrogens with one attached hydrogen (secondary N) is 1. The molecule has 0 saturated heterocycles. The number of aliphatic hydroxyl groups excluding tert-OH is 1. The lowest BCUT2D eigenvalue weighted by Crippen LogP contribution is -2.17. The Morgan fingerprint density at radius 1 is 1.12 bits per heavy atom. The number of H-pyrrole nitrogens is 1. The van der Waals surface area contributed by atoms with Gasteiger partial charge in [0.15, 0.2) is 0 Å². The van der Waals surface area contributed by atoms with Gasteiger partial charge in [0.1, 0.15) is 12.4 Å². The molecule has 0 amide bonds. The highest BCUT2D eigenvalue weighted by Gasteiger charge is 2.10. The maximum Gasteiger partial charge on any atom is 0.347 e. The molecule has 4 aromatic rings.